The smallest absolute Gasteiger partial charge is 0.321 e. The van der Waals surface area contributed by atoms with E-state index in [1.165, 1.54) is 27.1 Å². The number of hydrogen-bond donors (Lipinski definition) is 0. The van der Waals surface area contributed by atoms with E-state index in [4.69, 9.17) is 9.26 Å². The lowest BCUT2D eigenvalue weighted by Crippen LogP contribution is -2.40. The Morgan fingerprint density at radius 1 is 1.00 bits per heavy atom. The Morgan fingerprint density at radius 2 is 1.81 bits per heavy atom. The Kier molecular flexibility index (Phi) is 5.53. The van der Waals surface area contributed by atoms with E-state index in [-0.39, 0.29) is 12.4 Å². The van der Waals surface area contributed by atoms with Gasteiger partial charge in [0.25, 0.3) is 0 Å². The van der Waals surface area contributed by atoms with Crippen LogP contribution < -0.4 is 15.9 Å². The molecular formula is C23H22N4O4. The van der Waals surface area contributed by atoms with Crippen LogP contribution >= 0.6 is 0 Å². The summed E-state index contributed by atoms with van der Waals surface area (Å²) in [5, 5.41) is 4.00. The molecule has 8 nitrogen and oxygen atoms in total. The Morgan fingerprint density at radius 3 is 2.58 bits per heavy atom. The molecule has 0 aliphatic carbocycles. The summed E-state index contributed by atoms with van der Waals surface area (Å²) in [6.45, 7) is 6.34. The first-order valence-corrected chi connectivity index (χ1v) is 9.92. The van der Waals surface area contributed by atoms with Crippen LogP contribution in [-0.2, 0) is 6.54 Å². The van der Waals surface area contributed by atoms with Crippen LogP contribution in [0.25, 0.3) is 17.1 Å². The first-order chi connectivity index (χ1) is 15.0. The van der Waals surface area contributed by atoms with Crippen molar-refractivity contribution >= 4 is 0 Å². The number of aryl methyl sites for hydroxylation is 2. The molecule has 2 aromatic carbocycles. The molecule has 2 heterocycles. The van der Waals surface area contributed by atoms with Crippen molar-refractivity contribution in [1.29, 1.82) is 0 Å². The number of hydrogen-bond acceptors (Lipinski definition) is 6. The number of ether oxygens (including phenoxy) is 1. The summed E-state index contributed by atoms with van der Waals surface area (Å²) in [4.78, 5) is 29.8. The van der Waals surface area contributed by atoms with Crippen molar-refractivity contribution < 1.29 is 9.26 Å². The monoisotopic (exact) mass is 418 g/mol. The molecular weight excluding hydrogens is 396 g/mol. The van der Waals surface area contributed by atoms with Crippen molar-refractivity contribution in [2.24, 2.45) is 0 Å². The largest absolute Gasteiger partial charge is 0.492 e. The Bertz CT molecular complexity index is 1350. The van der Waals surface area contributed by atoms with Crippen LogP contribution in [0.5, 0.6) is 5.75 Å². The molecule has 31 heavy (non-hydrogen) atoms. The first kappa shape index (κ1) is 20.3. The molecule has 0 unspecified atom stereocenters. The predicted octanol–water partition coefficient (Wildman–Crippen LogP) is 3.11. The van der Waals surface area contributed by atoms with Crippen molar-refractivity contribution in [3.05, 3.63) is 92.6 Å². The summed E-state index contributed by atoms with van der Waals surface area (Å²) in [5.41, 5.74) is 2.24. The molecule has 0 N–H and O–H groups in total. The predicted molar refractivity (Wildman–Crippen MR) is 116 cm³/mol. The fraction of sp³-hybridized carbons (Fsp3) is 0.217. The molecule has 2 aromatic heterocycles. The molecule has 0 bridgehead atoms. The highest BCUT2D eigenvalue weighted by molar-refractivity contribution is 5.56. The molecule has 4 aromatic rings. The second kappa shape index (κ2) is 8.43. The van der Waals surface area contributed by atoms with Gasteiger partial charge in [-0.1, -0.05) is 29.4 Å². The van der Waals surface area contributed by atoms with Gasteiger partial charge in [-0.25, -0.2) is 0 Å². The lowest BCUT2D eigenvalue weighted by molar-refractivity contribution is 0.338. The van der Waals surface area contributed by atoms with Gasteiger partial charge in [0, 0.05) is 18.0 Å². The zero-order valence-electron chi connectivity index (χ0n) is 17.5. The van der Waals surface area contributed by atoms with E-state index in [1.54, 1.807) is 18.2 Å². The van der Waals surface area contributed by atoms with Gasteiger partial charge in [-0.15, -0.1) is 0 Å². The molecule has 0 fully saturated rings. The molecule has 0 spiro atoms. The maximum Gasteiger partial charge on any atom is 0.321 e. The molecule has 158 valence electrons. The number of aromatic nitrogens is 4. The minimum absolute atomic E-state index is 0.000135. The van der Waals surface area contributed by atoms with Crippen LogP contribution in [0.4, 0.5) is 0 Å². The molecule has 0 aliphatic heterocycles. The van der Waals surface area contributed by atoms with Crippen molar-refractivity contribution in [3.63, 3.8) is 0 Å². The van der Waals surface area contributed by atoms with E-state index in [9.17, 15) is 9.59 Å². The third-order valence-electron chi connectivity index (χ3n) is 5.02. The van der Waals surface area contributed by atoms with Gasteiger partial charge < -0.3 is 9.26 Å². The summed E-state index contributed by atoms with van der Waals surface area (Å²) >= 11 is 0. The van der Waals surface area contributed by atoms with Crippen molar-refractivity contribution in [1.82, 2.24) is 19.3 Å². The normalized spacial score (nSPS) is 10.9. The van der Waals surface area contributed by atoms with E-state index in [0.717, 1.165) is 11.1 Å². The van der Waals surface area contributed by atoms with E-state index < -0.39 is 11.1 Å². The summed E-state index contributed by atoms with van der Waals surface area (Å²) in [5.74, 6) is 1.20. The highest BCUT2D eigenvalue weighted by atomic mass is 16.5. The van der Waals surface area contributed by atoms with Crippen LogP contribution in [0, 0.1) is 13.8 Å². The van der Waals surface area contributed by atoms with Crippen molar-refractivity contribution in [2.75, 3.05) is 6.61 Å². The highest BCUT2D eigenvalue weighted by Gasteiger charge is 2.14. The van der Waals surface area contributed by atoms with Crippen molar-refractivity contribution in [3.8, 4) is 22.8 Å². The number of para-hydroxylation sites is 2. The SMILES string of the molecule is CCOc1ccccc1-n1ccn(Cc2nc(-c3ccc(C)c(C)c3)no2)c(=O)c1=O. The van der Waals surface area contributed by atoms with Crippen LogP contribution in [0.15, 0.2) is 69.0 Å². The number of rotatable bonds is 6. The summed E-state index contributed by atoms with van der Waals surface area (Å²) in [6, 6.07) is 13.0. The van der Waals surface area contributed by atoms with E-state index >= 15 is 0 Å². The average Bonchev–Trinajstić information content (AvgIpc) is 3.23. The second-order valence-electron chi connectivity index (χ2n) is 7.12. The van der Waals surface area contributed by atoms with Crippen molar-refractivity contribution in [2.45, 2.75) is 27.3 Å². The quantitative estimate of drug-likeness (QED) is 0.447. The Hall–Kier alpha value is -3.94. The molecule has 0 saturated heterocycles. The molecule has 0 amide bonds. The Labute approximate surface area is 178 Å². The minimum Gasteiger partial charge on any atom is -0.492 e. The zero-order chi connectivity index (χ0) is 22.0. The second-order valence-corrected chi connectivity index (χ2v) is 7.12. The van der Waals surface area contributed by atoms with E-state index in [0.29, 0.717) is 23.9 Å². The summed E-state index contributed by atoms with van der Waals surface area (Å²) in [7, 11) is 0. The average molecular weight is 418 g/mol. The number of benzene rings is 2. The number of nitrogens with zero attached hydrogens (tertiary/aromatic N) is 4. The van der Waals surface area contributed by atoms with Gasteiger partial charge >= 0.3 is 11.1 Å². The lowest BCUT2D eigenvalue weighted by atomic mass is 10.1. The fourth-order valence-electron chi connectivity index (χ4n) is 3.22. The van der Waals surface area contributed by atoms with Crippen LogP contribution in [-0.4, -0.2) is 25.9 Å². The Balaban J connectivity index is 1.63. The minimum atomic E-state index is -0.695. The maximum absolute atomic E-state index is 12.7. The fourth-order valence-corrected chi connectivity index (χ4v) is 3.22. The molecule has 8 heteroatoms. The van der Waals surface area contributed by atoms with Gasteiger partial charge in [0.1, 0.15) is 12.3 Å². The third-order valence-corrected chi connectivity index (χ3v) is 5.02. The standard InChI is InChI=1S/C23H22N4O4/c1-4-30-19-8-6-5-7-18(19)27-12-11-26(22(28)23(27)29)14-20-24-21(25-31-20)17-10-9-15(2)16(3)13-17/h5-13H,4,14H2,1-3H3. The molecule has 0 saturated carbocycles. The van der Waals surface area contributed by atoms with Gasteiger partial charge in [-0.2, -0.15) is 4.98 Å². The molecule has 0 atom stereocenters. The van der Waals surface area contributed by atoms with E-state index in [1.807, 2.05) is 45.0 Å². The molecule has 4 rings (SSSR count). The van der Waals surface area contributed by atoms with Gasteiger partial charge in [0.15, 0.2) is 0 Å². The topological polar surface area (TPSA) is 92.2 Å². The van der Waals surface area contributed by atoms with Crippen LogP contribution in [0.3, 0.4) is 0 Å². The van der Waals surface area contributed by atoms with Crippen LogP contribution in [0.1, 0.15) is 23.9 Å². The van der Waals surface area contributed by atoms with Gasteiger partial charge in [0.05, 0.1) is 12.3 Å². The lowest BCUT2D eigenvalue weighted by Gasteiger charge is -2.12. The molecule has 0 radical (unpaired) electrons. The van der Waals surface area contributed by atoms with Gasteiger partial charge in [-0.05, 0) is 50.1 Å². The first-order valence-electron chi connectivity index (χ1n) is 9.92. The zero-order valence-corrected chi connectivity index (χ0v) is 17.5. The van der Waals surface area contributed by atoms with Crippen LogP contribution in [0.2, 0.25) is 0 Å². The van der Waals surface area contributed by atoms with Gasteiger partial charge in [-0.3, -0.25) is 18.7 Å². The van der Waals surface area contributed by atoms with E-state index in [2.05, 4.69) is 10.1 Å². The molecule has 0 aliphatic rings. The highest BCUT2D eigenvalue weighted by Crippen LogP contribution is 2.21. The van der Waals surface area contributed by atoms with Gasteiger partial charge in [0.2, 0.25) is 11.7 Å². The maximum atomic E-state index is 12.7. The third kappa shape index (κ3) is 4.05. The summed E-state index contributed by atoms with van der Waals surface area (Å²) in [6.07, 6.45) is 3.05. The summed E-state index contributed by atoms with van der Waals surface area (Å²) < 4.78 is 13.4.